The molecule has 27 nitrogen and oxygen atoms in total. The van der Waals surface area contributed by atoms with Gasteiger partial charge < -0.3 is 101 Å². The van der Waals surface area contributed by atoms with E-state index in [1.807, 2.05) is 69.7 Å². The fourth-order valence-electron chi connectivity index (χ4n) is 11.1. The van der Waals surface area contributed by atoms with Gasteiger partial charge in [-0.25, -0.2) is 0 Å². The molecule has 15 atom stereocenters. The van der Waals surface area contributed by atoms with Gasteiger partial charge in [0.25, 0.3) is 5.91 Å². The van der Waals surface area contributed by atoms with Gasteiger partial charge in [-0.05, 0) is 91.8 Å². The molecular weight excluding hydrogens is 1200 g/mol. The van der Waals surface area contributed by atoms with Crippen LogP contribution in [0.25, 0.3) is 22.3 Å². The van der Waals surface area contributed by atoms with E-state index in [0.717, 1.165) is 77.8 Å². The van der Waals surface area contributed by atoms with Gasteiger partial charge in [-0.2, -0.15) is 0 Å². The summed E-state index contributed by atoms with van der Waals surface area (Å²) in [6.45, 7) is 6.82. The Morgan fingerprint density at radius 3 is 1.75 bits per heavy atom. The van der Waals surface area contributed by atoms with Gasteiger partial charge in [0.05, 0.1) is 64.5 Å². The first kappa shape index (κ1) is 73.2. The molecule has 0 unspecified atom stereocenters. The van der Waals surface area contributed by atoms with Gasteiger partial charge in [0.2, 0.25) is 35.4 Å². The van der Waals surface area contributed by atoms with Crippen LogP contribution in [0.15, 0.2) is 96.3 Å². The molecule has 13 N–H and O–H groups in total. The van der Waals surface area contributed by atoms with Crippen molar-refractivity contribution >= 4 is 47.3 Å². The number of hydrogen-bond acceptors (Lipinski definition) is 19. The third kappa shape index (κ3) is 19.8. The number of unbranched alkanes of at least 4 members (excludes halogenated alkanes) is 2. The third-order valence-electron chi connectivity index (χ3n) is 16.4. The standard InChI is InChI=1S/C63H86N8O17.C2H4O2/c1-8-9-10-28-87-45-25-21-40(22-26-45)38-13-11-37(12-14-38)39-15-17-42(18-16-39)56(80)64-46-31-48(76)61(88-29-27-71(5,6)7)68-60(84)52-53(77)34(2)32-70(52)63(86)50(36(4)73)66-59(83)51(55(79)54(78)41-19-23-43(74)24-20-41)67-58(82)47-30-44(75)33-69(47)62(85)49(35(3)72)65-57(46)81;1-2(3)4/h11-19,21-23,25-26,34-36,44,46-55,61,72-73,75-79H,8-10,20,24,27-33H2,1-7H3,(H5-,64,65,66,67,68,74,80,81,82,83,84);1H3,(H,3,4)/t34-,35+,36+,44+,46-,47-,48+,49-,50-,51-,52-,53-,54-,55-,61+;/m0./s1. The molecule has 27 heteroatoms. The molecule has 3 aromatic carbocycles. The Bertz CT molecular complexity index is 3100. The minimum absolute atomic E-state index is 0.000375. The van der Waals surface area contributed by atoms with Crippen LogP contribution >= 0.6 is 0 Å². The van der Waals surface area contributed by atoms with Gasteiger partial charge in [-0.15, -0.1) is 0 Å². The number of carbonyl (C=O) groups excluding carboxylic acids is 8. The van der Waals surface area contributed by atoms with Gasteiger partial charge >= 0.3 is 0 Å². The number of aliphatic hydroxyl groups excluding tert-OH is 8. The first-order valence-electron chi connectivity index (χ1n) is 30.9. The molecule has 7 rings (SSSR count). The zero-order valence-electron chi connectivity index (χ0n) is 53.1. The maximum atomic E-state index is 14.8. The quantitative estimate of drug-likeness (QED) is 0.0517. The Hall–Kier alpha value is -7.86. The molecule has 4 aliphatic rings. The van der Waals surface area contributed by atoms with Crippen molar-refractivity contribution in [2.75, 3.05) is 54.0 Å². The molecule has 0 saturated carbocycles. The Balaban J connectivity index is 0.00000326. The number of nitrogens with one attached hydrogen (secondary N) is 5. The molecule has 0 spiro atoms. The number of aliphatic hydroxyl groups is 8. The summed E-state index contributed by atoms with van der Waals surface area (Å²) < 4.78 is 12.3. The van der Waals surface area contributed by atoms with E-state index in [-0.39, 0.29) is 42.9 Å². The van der Waals surface area contributed by atoms with Crippen molar-refractivity contribution in [2.45, 2.75) is 165 Å². The molecule has 3 heterocycles. The van der Waals surface area contributed by atoms with Crippen LogP contribution in [-0.2, 0) is 38.3 Å². The Kier molecular flexibility index (Phi) is 26.4. The number of allylic oxidation sites excluding steroid dienone is 3. The van der Waals surface area contributed by atoms with Crippen LogP contribution in [0.3, 0.4) is 0 Å². The van der Waals surface area contributed by atoms with Crippen molar-refractivity contribution in [3.05, 3.63) is 102 Å². The summed E-state index contributed by atoms with van der Waals surface area (Å²) in [5, 5.41) is 112. The maximum absolute atomic E-state index is 14.8. The lowest BCUT2D eigenvalue weighted by Crippen LogP contribution is -2.65. The molecule has 0 aromatic heterocycles. The molecule has 7 amide bonds. The number of carbonyl (C=O) groups is 8. The molecule has 3 fully saturated rings. The highest BCUT2D eigenvalue weighted by Gasteiger charge is 2.50. The highest BCUT2D eigenvalue weighted by Crippen LogP contribution is 2.30. The van der Waals surface area contributed by atoms with Gasteiger partial charge in [-0.1, -0.05) is 81.3 Å². The summed E-state index contributed by atoms with van der Waals surface area (Å²) in [6.07, 6.45) is -9.82. The largest absolute Gasteiger partial charge is 0.550 e. The van der Waals surface area contributed by atoms with Crippen molar-refractivity contribution in [2.24, 2.45) is 5.92 Å². The first-order valence-corrected chi connectivity index (χ1v) is 30.9. The van der Waals surface area contributed by atoms with E-state index in [9.17, 15) is 74.4 Å². The van der Waals surface area contributed by atoms with E-state index in [2.05, 4.69) is 33.5 Å². The summed E-state index contributed by atoms with van der Waals surface area (Å²) in [7, 11) is 5.53. The smallest absolute Gasteiger partial charge is 0.251 e. The van der Waals surface area contributed by atoms with Crippen LogP contribution in [0.1, 0.15) is 89.9 Å². The van der Waals surface area contributed by atoms with Crippen LogP contribution in [-0.4, -0.2) is 242 Å². The number of fused-ring (bicyclic) bond motifs is 2. The number of ether oxygens (including phenoxy) is 2. The number of benzene rings is 3. The van der Waals surface area contributed by atoms with Crippen LogP contribution in [0, 0.1) is 5.92 Å². The summed E-state index contributed by atoms with van der Waals surface area (Å²) in [5.41, 5.74) is 3.67. The van der Waals surface area contributed by atoms with E-state index in [0.29, 0.717) is 17.6 Å². The summed E-state index contributed by atoms with van der Waals surface area (Å²) >= 11 is 0. The molecule has 1 aliphatic carbocycles. The predicted molar refractivity (Wildman–Crippen MR) is 332 cm³/mol. The van der Waals surface area contributed by atoms with Crippen molar-refractivity contribution < 1.29 is 98.3 Å². The van der Waals surface area contributed by atoms with Gasteiger partial charge in [0.15, 0.2) is 6.23 Å². The second kappa shape index (κ2) is 33.1. The van der Waals surface area contributed by atoms with Crippen molar-refractivity contribution in [1.82, 2.24) is 36.4 Å². The van der Waals surface area contributed by atoms with Crippen LogP contribution in [0.5, 0.6) is 5.75 Å². The molecule has 0 radical (unpaired) electrons. The fourth-order valence-corrected chi connectivity index (χ4v) is 11.1. The number of hydrogen-bond donors (Lipinski definition) is 13. The average molecular weight is 1290 g/mol. The lowest BCUT2D eigenvalue weighted by molar-refractivity contribution is -0.870. The molecule has 3 saturated heterocycles. The Labute approximate surface area is 534 Å². The highest BCUT2D eigenvalue weighted by molar-refractivity contribution is 6.00. The minimum atomic E-state index is -2.24. The van der Waals surface area contributed by atoms with Crippen LogP contribution < -0.4 is 36.4 Å². The molecule has 504 valence electrons. The van der Waals surface area contributed by atoms with Crippen LogP contribution in [0.2, 0.25) is 0 Å². The number of carboxylic acid groups (broad SMARTS) is 1. The van der Waals surface area contributed by atoms with Gasteiger partial charge in [0.1, 0.15) is 66.9 Å². The minimum Gasteiger partial charge on any atom is -0.550 e. The fraction of sp³-hybridized carbons (Fsp3) is 0.538. The second-order valence-corrected chi connectivity index (χ2v) is 24.9. The first-order chi connectivity index (χ1) is 43.4. The lowest BCUT2D eigenvalue weighted by atomic mass is 9.91. The monoisotopic (exact) mass is 1290 g/mol. The molecule has 3 aliphatic heterocycles. The van der Waals surface area contributed by atoms with Gasteiger partial charge in [0, 0.05) is 49.8 Å². The second-order valence-electron chi connectivity index (χ2n) is 24.9. The molecular formula is C65H90N8O19. The zero-order valence-corrected chi connectivity index (χ0v) is 53.1. The van der Waals surface area contributed by atoms with E-state index >= 15 is 0 Å². The maximum Gasteiger partial charge on any atom is 0.251 e. The van der Waals surface area contributed by atoms with E-state index in [1.165, 1.54) is 31.2 Å². The Morgan fingerprint density at radius 1 is 0.685 bits per heavy atom. The number of likely N-dealkylation sites (N-methyl/N-ethyl adjacent to an activating group) is 1. The number of aliphatic carboxylic acids is 1. The van der Waals surface area contributed by atoms with Crippen molar-refractivity contribution in [3.63, 3.8) is 0 Å². The summed E-state index contributed by atoms with van der Waals surface area (Å²) in [6, 6.07) is 10.6. The lowest BCUT2D eigenvalue weighted by Gasteiger charge is -2.34. The number of amides is 7. The van der Waals surface area contributed by atoms with E-state index in [4.69, 9.17) is 19.4 Å². The third-order valence-corrected chi connectivity index (χ3v) is 16.4. The number of rotatable bonds is 18. The number of quaternary nitrogens is 1. The molecule has 0 bridgehead atoms. The molecule has 92 heavy (non-hydrogen) atoms. The van der Waals surface area contributed by atoms with E-state index < -0.39 is 158 Å². The number of carboxylic acids is 1. The average Bonchev–Trinajstić information content (AvgIpc) is 1.63. The number of nitrogens with zero attached hydrogens (tertiary/aromatic N) is 3. The Morgan fingerprint density at radius 2 is 1.22 bits per heavy atom. The highest BCUT2D eigenvalue weighted by atomic mass is 16.5. The SMILES string of the molecule is CC(=O)[O-].CCCCCOc1ccc(-c2ccc(-c3ccc(C(=O)N[C@H]4C[C@@H](O)[C@@H](OCC[N+](C)(C)C)NC(=O)[C@@H]5[C@@H](O)[C@@H](C)CN5C(=O)[C@H]([C@@H](C)O)NC(=O)[C@H]([C@H](O)[C@@H](O)C5=CC=C(O)CC5)NC(=O)[C@@H]5C[C@@H](O)CN5C(=O)[C@H]([C@@H](C)O)NC4=O)cc3)cc2)cc1. The summed E-state index contributed by atoms with van der Waals surface area (Å²) in [5.74, 6) is -9.06. The normalized spacial score (nSPS) is 26.7. The van der Waals surface area contributed by atoms with Crippen molar-refractivity contribution in [1.29, 1.82) is 0 Å². The van der Waals surface area contributed by atoms with E-state index in [1.54, 1.807) is 12.1 Å². The topological polar surface area (TPSA) is 407 Å². The summed E-state index contributed by atoms with van der Waals surface area (Å²) in [4.78, 5) is 113. The predicted octanol–water partition coefficient (Wildman–Crippen LogP) is -1.36. The van der Waals surface area contributed by atoms with Crippen LogP contribution in [0.4, 0.5) is 0 Å². The van der Waals surface area contributed by atoms with Crippen molar-refractivity contribution in [3.8, 4) is 28.0 Å². The zero-order chi connectivity index (χ0) is 67.9. The molecule has 3 aromatic rings. The van der Waals surface area contributed by atoms with Gasteiger partial charge in [-0.3, -0.25) is 33.6 Å².